The second-order valence-corrected chi connectivity index (χ2v) is 3.44. The number of rotatable bonds is 3. The van der Waals surface area contributed by atoms with Gasteiger partial charge in [-0.05, 0) is 24.9 Å². The summed E-state index contributed by atoms with van der Waals surface area (Å²) in [5.41, 5.74) is 2.09. The molecular formula is C10H13BO3. The molecule has 0 aromatic heterocycles. The van der Waals surface area contributed by atoms with E-state index in [-0.39, 0.29) is 5.78 Å². The zero-order valence-electron chi connectivity index (χ0n) is 8.32. The lowest BCUT2D eigenvalue weighted by atomic mass is 9.76. The van der Waals surface area contributed by atoms with Crippen LogP contribution in [0.2, 0.25) is 0 Å². The Bertz CT molecular complexity index is 347. The number of carbonyl (C=O) groups is 1. The summed E-state index contributed by atoms with van der Waals surface area (Å²) in [6.45, 7) is 3.31. The van der Waals surface area contributed by atoms with Gasteiger partial charge in [0.2, 0.25) is 0 Å². The zero-order chi connectivity index (χ0) is 10.7. The summed E-state index contributed by atoms with van der Waals surface area (Å²) in [6.07, 6.45) is 0.333. The van der Waals surface area contributed by atoms with Crippen molar-refractivity contribution in [2.24, 2.45) is 0 Å². The Hall–Kier alpha value is -1.13. The summed E-state index contributed by atoms with van der Waals surface area (Å²) in [7, 11) is -1.47. The third-order valence-corrected chi connectivity index (χ3v) is 2.07. The summed E-state index contributed by atoms with van der Waals surface area (Å²) < 4.78 is 0. The average molecular weight is 192 g/mol. The molecule has 0 unspecified atom stereocenters. The Morgan fingerprint density at radius 3 is 2.57 bits per heavy atom. The van der Waals surface area contributed by atoms with Crippen LogP contribution < -0.4 is 5.46 Å². The van der Waals surface area contributed by atoms with Gasteiger partial charge in [0, 0.05) is 6.42 Å². The van der Waals surface area contributed by atoms with Crippen molar-refractivity contribution < 1.29 is 14.8 Å². The standard InChI is InChI=1S/C10H13BO3/c1-7-3-4-9(5-8(2)12)6-10(7)11(13)14/h3-4,6,13-14H,5H2,1-2H3. The van der Waals surface area contributed by atoms with Crippen LogP contribution in [-0.4, -0.2) is 22.9 Å². The van der Waals surface area contributed by atoms with E-state index in [1.165, 1.54) is 6.92 Å². The van der Waals surface area contributed by atoms with Crippen LogP contribution in [0.4, 0.5) is 0 Å². The zero-order valence-corrected chi connectivity index (χ0v) is 8.32. The molecule has 1 aromatic carbocycles. The van der Waals surface area contributed by atoms with Gasteiger partial charge in [0.25, 0.3) is 0 Å². The molecule has 0 spiro atoms. The summed E-state index contributed by atoms with van der Waals surface area (Å²) in [5, 5.41) is 18.1. The minimum atomic E-state index is -1.47. The number of carbonyl (C=O) groups excluding carboxylic acids is 1. The number of aryl methyl sites for hydroxylation is 1. The van der Waals surface area contributed by atoms with E-state index in [2.05, 4.69) is 0 Å². The van der Waals surface area contributed by atoms with Crippen LogP contribution in [0, 0.1) is 6.92 Å². The van der Waals surface area contributed by atoms with Crippen molar-refractivity contribution >= 4 is 18.4 Å². The van der Waals surface area contributed by atoms with Gasteiger partial charge in [-0.3, -0.25) is 4.79 Å². The molecule has 3 nitrogen and oxygen atoms in total. The molecule has 0 aliphatic heterocycles. The Morgan fingerprint density at radius 2 is 2.07 bits per heavy atom. The fourth-order valence-corrected chi connectivity index (χ4v) is 1.37. The smallest absolute Gasteiger partial charge is 0.423 e. The van der Waals surface area contributed by atoms with E-state index in [9.17, 15) is 4.79 Å². The van der Waals surface area contributed by atoms with Crippen molar-refractivity contribution in [3.63, 3.8) is 0 Å². The highest BCUT2D eigenvalue weighted by atomic mass is 16.4. The van der Waals surface area contributed by atoms with Gasteiger partial charge in [0.05, 0.1) is 0 Å². The molecule has 0 fully saturated rings. The third-order valence-electron chi connectivity index (χ3n) is 2.07. The number of ketones is 1. The summed E-state index contributed by atoms with van der Waals surface area (Å²) in [4.78, 5) is 10.9. The Balaban J connectivity index is 3.00. The highest BCUT2D eigenvalue weighted by Crippen LogP contribution is 2.03. The van der Waals surface area contributed by atoms with Crippen LogP contribution in [0.1, 0.15) is 18.1 Å². The maximum atomic E-state index is 10.9. The predicted octanol–water partition coefficient (Wildman–Crippen LogP) is -0.194. The first-order valence-electron chi connectivity index (χ1n) is 4.45. The van der Waals surface area contributed by atoms with Gasteiger partial charge < -0.3 is 10.0 Å². The molecule has 14 heavy (non-hydrogen) atoms. The average Bonchev–Trinajstić information content (AvgIpc) is 2.07. The molecule has 74 valence electrons. The largest absolute Gasteiger partial charge is 0.488 e. The first-order valence-corrected chi connectivity index (χ1v) is 4.45. The molecule has 2 N–H and O–H groups in total. The van der Waals surface area contributed by atoms with Gasteiger partial charge in [-0.2, -0.15) is 0 Å². The fourth-order valence-electron chi connectivity index (χ4n) is 1.37. The lowest BCUT2D eigenvalue weighted by Crippen LogP contribution is -2.32. The second kappa shape index (κ2) is 4.40. The predicted molar refractivity (Wildman–Crippen MR) is 55.4 cm³/mol. The molecule has 4 heteroatoms. The van der Waals surface area contributed by atoms with E-state index >= 15 is 0 Å². The van der Waals surface area contributed by atoms with Gasteiger partial charge in [0.1, 0.15) is 5.78 Å². The van der Waals surface area contributed by atoms with Crippen molar-refractivity contribution in [2.75, 3.05) is 0 Å². The number of benzene rings is 1. The Morgan fingerprint density at radius 1 is 1.43 bits per heavy atom. The van der Waals surface area contributed by atoms with Gasteiger partial charge in [0.15, 0.2) is 0 Å². The molecule has 1 aromatic rings. The van der Waals surface area contributed by atoms with Crippen molar-refractivity contribution in [1.29, 1.82) is 0 Å². The SMILES string of the molecule is CC(=O)Cc1ccc(C)c(B(O)O)c1. The molecule has 0 aliphatic rings. The van der Waals surface area contributed by atoms with E-state index in [4.69, 9.17) is 10.0 Å². The van der Waals surface area contributed by atoms with Crippen molar-refractivity contribution in [1.82, 2.24) is 0 Å². The third kappa shape index (κ3) is 2.68. The molecule has 0 saturated carbocycles. The number of hydrogen-bond acceptors (Lipinski definition) is 3. The van der Waals surface area contributed by atoms with Crippen LogP contribution >= 0.6 is 0 Å². The topological polar surface area (TPSA) is 57.5 Å². The van der Waals surface area contributed by atoms with Crippen LogP contribution in [0.25, 0.3) is 0 Å². The number of hydrogen-bond donors (Lipinski definition) is 2. The number of Topliss-reactive ketones (excluding diaryl/α,β-unsaturated/α-hetero) is 1. The lowest BCUT2D eigenvalue weighted by Gasteiger charge is -2.06. The monoisotopic (exact) mass is 192 g/mol. The Kier molecular flexibility index (Phi) is 3.44. The van der Waals surface area contributed by atoms with Gasteiger partial charge in [-0.15, -0.1) is 0 Å². The van der Waals surface area contributed by atoms with E-state index < -0.39 is 7.12 Å². The quantitative estimate of drug-likeness (QED) is 0.652. The van der Waals surface area contributed by atoms with E-state index in [0.717, 1.165) is 11.1 Å². The Labute approximate surface area is 83.5 Å². The summed E-state index contributed by atoms with van der Waals surface area (Å²) in [6, 6.07) is 5.26. The molecule has 0 atom stereocenters. The van der Waals surface area contributed by atoms with E-state index in [1.807, 2.05) is 6.07 Å². The summed E-state index contributed by atoms with van der Waals surface area (Å²) >= 11 is 0. The molecular weight excluding hydrogens is 179 g/mol. The maximum Gasteiger partial charge on any atom is 0.488 e. The fraction of sp³-hybridized carbons (Fsp3) is 0.300. The van der Waals surface area contributed by atoms with Crippen molar-refractivity contribution in [3.8, 4) is 0 Å². The second-order valence-electron chi connectivity index (χ2n) is 3.44. The van der Waals surface area contributed by atoms with Crippen LogP contribution in [0.5, 0.6) is 0 Å². The molecule has 0 aliphatic carbocycles. The van der Waals surface area contributed by atoms with Gasteiger partial charge >= 0.3 is 7.12 Å². The lowest BCUT2D eigenvalue weighted by molar-refractivity contribution is -0.116. The first kappa shape index (κ1) is 11.0. The minimum Gasteiger partial charge on any atom is -0.423 e. The molecule has 0 bridgehead atoms. The summed E-state index contributed by atoms with van der Waals surface area (Å²) in [5.74, 6) is 0.0623. The van der Waals surface area contributed by atoms with Crippen LogP contribution in [-0.2, 0) is 11.2 Å². The van der Waals surface area contributed by atoms with Crippen molar-refractivity contribution in [3.05, 3.63) is 29.3 Å². The molecule has 0 saturated heterocycles. The molecule has 0 amide bonds. The van der Waals surface area contributed by atoms with Crippen molar-refractivity contribution in [2.45, 2.75) is 20.3 Å². The first-order chi connectivity index (χ1) is 6.50. The molecule has 1 rings (SSSR count). The van der Waals surface area contributed by atoms with Crippen LogP contribution in [0.3, 0.4) is 0 Å². The normalized spacial score (nSPS) is 10.0. The highest BCUT2D eigenvalue weighted by molar-refractivity contribution is 6.59. The maximum absolute atomic E-state index is 10.9. The van der Waals surface area contributed by atoms with Gasteiger partial charge in [-0.1, -0.05) is 23.8 Å². The van der Waals surface area contributed by atoms with E-state index in [0.29, 0.717) is 11.9 Å². The van der Waals surface area contributed by atoms with E-state index in [1.54, 1.807) is 19.1 Å². The highest BCUT2D eigenvalue weighted by Gasteiger charge is 2.14. The molecule has 0 heterocycles. The van der Waals surface area contributed by atoms with Gasteiger partial charge in [-0.25, -0.2) is 0 Å². The molecule has 0 radical (unpaired) electrons. The minimum absolute atomic E-state index is 0.0623. The van der Waals surface area contributed by atoms with Crippen LogP contribution in [0.15, 0.2) is 18.2 Å².